The quantitative estimate of drug-likeness (QED) is 0.535. The first-order chi connectivity index (χ1) is 14.6. The maximum Gasteiger partial charge on any atom is 0.321 e. The second-order valence-electron chi connectivity index (χ2n) is 6.70. The van der Waals surface area contributed by atoms with Gasteiger partial charge in [0.2, 0.25) is 5.91 Å². The normalized spacial score (nSPS) is 11.2. The fourth-order valence-electron chi connectivity index (χ4n) is 2.66. The highest BCUT2D eigenvalue weighted by Crippen LogP contribution is 2.17. The Labute approximate surface area is 175 Å². The molecule has 0 bridgehead atoms. The lowest BCUT2D eigenvalue weighted by molar-refractivity contribution is -0.120. The molecule has 0 saturated carbocycles. The third-order valence-corrected chi connectivity index (χ3v) is 4.29. The summed E-state index contributed by atoms with van der Waals surface area (Å²) < 4.78 is 5.72. The molecule has 154 valence electrons. The number of ether oxygens (including phenoxy) is 1. The fraction of sp³-hybridized carbons (Fsp3) is 0.174. The van der Waals surface area contributed by atoms with E-state index in [1.165, 1.54) is 0 Å². The predicted octanol–water partition coefficient (Wildman–Crippen LogP) is 3.49. The van der Waals surface area contributed by atoms with E-state index in [4.69, 9.17) is 4.74 Å². The van der Waals surface area contributed by atoms with Gasteiger partial charge in [-0.05, 0) is 42.8 Å². The Morgan fingerprint density at radius 3 is 2.40 bits per heavy atom. The molecule has 1 unspecified atom stereocenters. The van der Waals surface area contributed by atoms with Crippen LogP contribution in [0, 0.1) is 0 Å². The molecule has 0 radical (unpaired) electrons. The Hall–Kier alpha value is -3.87. The Morgan fingerprint density at radius 2 is 1.70 bits per heavy atom. The number of benzene rings is 2. The summed E-state index contributed by atoms with van der Waals surface area (Å²) in [5.74, 6) is 0.291. The van der Waals surface area contributed by atoms with Crippen LogP contribution in [-0.4, -0.2) is 23.0 Å². The van der Waals surface area contributed by atoms with Gasteiger partial charge < -0.3 is 15.4 Å². The zero-order valence-electron chi connectivity index (χ0n) is 16.7. The molecule has 0 aliphatic heterocycles. The number of rotatable bonds is 8. The largest absolute Gasteiger partial charge is 0.489 e. The van der Waals surface area contributed by atoms with E-state index in [0.717, 1.165) is 16.8 Å². The van der Waals surface area contributed by atoms with Crippen molar-refractivity contribution in [3.8, 4) is 5.75 Å². The van der Waals surface area contributed by atoms with Crippen LogP contribution in [0.3, 0.4) is 0 Å². The van der Waals surface area contributed by atoms with Crippen LogP contribution in [-0.2, 0) is 17.9 Å². The zero-order valence-corrected chi connectivity index (χ0v) is 16.7. The van der Waals surface area contributed by atoms with Crippen molar-refractivity contribution >= 4 is 17.6 Å². The van der Waals surface area contributed by atoms with Crippen molar-refractivity contribution in [3.63, 3.8) is 0 Å². The van der Waals surface area contributed by atoms with Crippen molar-refractivity contribution in [1.29, 1.82) is 0 Å². The van der Waals surface area contributed by atoms with Crippen molar-refractivity contribution in [3.05, 3.63) is 90.3 Å². The molecule has 0 aliphatic carbocycles. The molecule has 1 heterocycles. The van der Waals surface area contributed by atoms with Gasteiger partial charge in [-0.2, -0.15) is 0 Å². The molecule has 0 fully saturated rings. The monoisotopic (exact) mass is 404 g/mol. The standard InChI is InChI=1S/C23H24N4O3/c1-17(22(28)27-23(29)25-15-18-6-3-2-4-7-18)26-20-9-11-21(12-10-20)30-16-19-8-5-13-24-14-19/h2-14,17,26H,15-16H2,1H3,(H2,25,27,28,29). The number of nitrogens with one attached hydrogen (secondary N) is 3. The van der Waals surface area contributed by atoms with Gasteiger partial charge >= 0.3 is 6.03 Å². The average molecular weight is 404 g/mol. The number of pyridine rings is 1. The molecule has 1 atom stereocenters. The van der Waals surface area contributed by atoms with Crippen molar-refractivity contribution in [2.45, 2.75) is 26.1 Å². The summed E-state index contributed by atoms with van der Waals surface area (Å²) in [6.07, 6.45) is 3.47. The highest BCUT2D eigenvalue weighted by Gasteiger charge is 2.15. The van der Waals surface area contributed by atoms with Crippen LogP contribution < -0.4 is 20.7 Å². The molecule has 2 aromatic carbocycles. The molecule has 7 heteroatoms. The van der Waals surface area contributed by atoms with Gasteiger partial charge in [-0.25, -0.2) is 4.79 Å². The van der Waals surface area contributed by atoms with Gasteiger partial charge in [0.1, 0.15) is 18.4 Å². The van der Waals surface area contributed by atoms with E-state index in [1.807, 2.05) is 66.7 Å². The maximum absolute atomic E-state index is 12.2. The van der Waals surface area contributed by atoms with Crippen molar-refractivity contribution in [2.75, 3.05) is 5.32 Å². The van der Waals surface area contributed by atoms with Crippen LogP contribution in [0.2, 0.25) is 0 Å². The molecule has 3 aromatic rings. The van der Waals surface area contributed by atoms with Gasteiger partial charge in [0.25, 0.3) is 0 Å². The molecular weight excluding hydrogens is 380 g/mol. The zero-order chi connectivity index (χ0) is 21.2. The summed E-state index contributed by atoms with van der Waals surface area (Å²) in [6.45, 7) is 2.46. The summed E-state index contributed by atoms with van der Waals surface area (Å²) in [5, 5.41) is 8.07. The second-order valence-corrected chi connectivity index (χ2v) is 6.70. The van der Waals surface area contributed by atoms with Gasteiger partial charge in [-0.15, -0.1) is 0 Å². The van der Waals surface area contributed by atoms with Crippen molar-refractivity contribution in [2.24, 2.45) is 0 Å². The van der Waals surface area contributed by atoms with Crippen LogP contribution in [0.5, 0.6) is 5.75 Å². The van der Waals surface area contributed by atoms with Crippen molar-refractivity contribution < 1.29 is 14.3 Å². The van der Waals surface area contributed by atoms with Crippen LogP contribution in [0.1, 0.15) is 18.1 Å². The molecule has 3 rings (SSSR count). The first-order valence-electron chi connectivity index (χ1n) is 9.61. The third-order valence-electron chi connectivity index (χ3n) is 4.29. The average Bonchev–Trinajstić information content (AvgIpc) is 2.78. The minimum atomic E-state index is -0.588. The molecule has 3 amide bonds. The number of anilines is 1. The minimum absolute atomic E-state index is 0.349. The second kappa shape index (κ2) is 10.6. The van der Waals surface area contributed by atoms with E-state index in [-0.39, 0.29) is 0 Å². The van der Waals surface area contributed by atoms with Gasteiger partial charge in [0.15, 0.2) is 0 Å². The van der Waals surface area contributed by atoms with E-state index in [9.17, 15) is 9.59 Å². The smallest absolute Gasteiger partial charge is 0.321 e. The Balaban J connectivity index is 1.42. The lowest BCUT2D eigenvalue weighted by Gasteiger charge is -2.15. The van der Waals surface area contributed by atoms with Crippen LogP contribution in [0.25, 0.3) is 0 Å². The van der Waals surface area contributed by atoms with Crippen LogP contribution >= 0.6 is 0 Å². The third kappa shape index (κ3) is 6.63. The summed E-state index contributed by atoms with van der Waals surface area (Å²) in [6, 6.07) is 19.4. The maximum atomic E-state index is 12.2. The number of carbonyl (C=O) groups is 2. The van der Waals surface area contributed by atoms with Crippen LogP contribution in [0.15, 0.2) is 79.1 Å². The summed E-state index contributed by atoms with van der Waals surface area (Å²) >= 11 is 0. The van der Waals surface area contributed by atoms with Gasteiger partial charge in [-0.3, -0.25) is 15.1 Å². The first kappa shape index (κ1) is 20.9. The SMILES string of the molecule is CC(Nc1ccc(OCc2cccnc2)cc1)C(=O)NC(=O)NCc1ccccc1. The molecule has 0 saturated heterocycles. The summed E-state index contributed by atoms with van der Waals surface area (Å²) in [4.78, 5) is 28.2. The highest BCUT2D eigenvalue weighted by molar-refractivity contribution is 5.97. The molecule has 7 nitrogen and oxygen atoms in total. The molecular formula is C23H24N4O3. The van der Waals surface area contributed by atoms with Crippen LogP contribution in [0.4, 0.5) is 10.5 Å². The topological polar surface area (TPSA) is 92.3 Å². The number of urea groups is 1. The summed E-state index contributed by atoms with van der Waals surface area (Å²) in [5.41, 5.74) is 2.68. The van der Waals surface area contributed by atoms with E-state index in [2.05, 4.69) is 20.9 Å². The minimum Gasteiger partial charge on any atom is -0.489 e. The number of imide groups is 1. The molecule has 30 heavy (non-hydrogen) atoms. The van der Waals surface area contributed by atoms with Gasteiger partial charge in [0, 0.05) is 30.2 Å². The fourth-order valence-corrected chi connectivity index (χ4v) is 2.66. The number of nitrogens with zero attached hydrogens (tertiary/aromatic N) is 1. The number of hydrogen-bond donors (Lipinski definition) is 3. The van der Waals surface area contributed by atoms with Gasteiger partial charge in [-0.1, -0.05) is 36.4 Å². The summed E-state index contributed by atoms with van der Waals surface area (Å²) in [7, 11) is 0. The number of carbonyl (C=O) groups excluding carboxylic acids is 2. The van der Waals surface area contributed by atoms with Crippen molar-refractivity contribution in [1.82, 2.24) is 15.6 Å². The number of hydrogen-bond acceptors (Lipinski definition) is 5. The highest BCUT2D eigenvalue weighted by atomic mass is 16.5. The van der Waals surface area contributed by atoms with E-state index in [1.54, 1.807) is 19.3 Å². The van der Waals surface area contributed by atoms with E-state index in [0.29, 0.717) is 18.9 Å². The Kier molecular flexibility index (Phi) is 7.38. The number of amides is 3. The lowest BCUT2D eigenvalue weighted by Crippen LogP contribution is -2.45. The Morgan fingerprint density at radius 1 is 0.967 bits per heavy atom. The van der Waals surface area contributed by atoms with Gasteiger partial charge in [0.05, 0.1) is 0 Å². The van der Waals surface area contributed by atoms with E-state index >= 15 is 0 Å². The first-order valence-corrected chi connectivity index (χ1v) is 9.61. The predicted molar refractivity (Wildman–Crippen MR) is 115 cm³/mol. The molecule has 0 aliphatic rings. The van der Waals surface area contributed by atoms with E-state index < -0.39 is 18.0 Å². The number of aromatic nitrogens is 1. The molecule has 1 aromatic heterocycles. The lowest BCUT2D eigenvalue weighted by atomic mass is 10.2. The molecule has 0 spiro atoms. The Bertz CT molecular complexity index is 947. The molecule has 3 N–H and O–H groups in total.